The van der Waals surface area contributed by atoms with Crippen LogP contribution in [-0.2, 0) is 9.53 Å². The van der Waals surface area contributed by atoms with Crippen LogP contribution in [0.4, 0.5) is 4.79 Å². The Morgan fingerprint density at radius 1 is 1.42 bits per heavy atom. The fourth-order valence-corrected chi connectivity index (χ4v) is 2.15. The second kappa shape index (κ2) is 6.23. The Kier molecular flexibility index (Phi) is 5.17. The topological polar surface area (TPSA) is 78.9 Å². The summed E-state index contributed by atoms with van der Waals surface area (Å²) in [5.41, 5.74) is -0.413. The van der Waals surface area contributed by atoms with Crippen LogP contribution in [0, 0.1) is 5.92 Å². The van der Waals surface area contributed by atoms with Crippen LogP contribution in [0.1, 0.15) is 34.1 Å². The van der Waals surface area contributed by atoms with Crippen molar-refractivity contribution in [3.63, 3.8) is 0 Å². The first-order valence-electron chi connectivity index (χ1n) is 6.62. The van der Waals surface area contributed by atoms with E-state index in [0.717, 1.165) is 0 Å². The molecule has 0 bridgehead atoms. The largest absolute Gasteiger partial charge is 0.480 e. The van der Waals surface area contributed by atoms with E-state index < -0.39 is 17.6 Å². The number of nitrogens with zero attached hydrogens (tertiary/aromatic N) is 1. The fourth-order valence-electron chi connectivity index (χ4n) is 2.15. The second-order valence-electron chi connectivity index (χ2n) is 5.99. The van der Waals surface area contributed by atoms with Gasteiger partial charge in [-0.15, -0.1) is 0 Å². The summed E-state index contributed by atoms with van der Waals surface area (Å²) in [5, 5.41) is 11.7. The van der Waals surface area contributed by atoms with Gasteiger partial charge in [-0.2, -0.15) is 0 Å². The number of carbonyl (C=O) groups excluding carboxylic acids is 1. The molecule has 6 heteroatoms. The number of carboxylic acids is 1. The standard InChI is InChI=1S/C13H24N2O4/c1-9(2)7-10(11(16)17)14-12(18)15-5-6-19-8-13(15,3)4/h9-10H,5-8H2,1-4H3,(H,14,18)(H,16,17)/t10-/m0/s1. The third kappa shape index (κ3) is 4.38. The first-order chi connectivity index (χ1) is 8.74. The smallest absolute Gasteiger partial charge is 0.326 e. The molecule has 6 nitrogen and oxygen atoms in total. The van der Waals surface area contributed by atoms with Gasteiger partial charge in [-0.25, -0.2) is 9.59 Å². The van der Waals surface area contributed by atoms with Crippen molar-refractivity contribution in [1.82, 2.24) is 10.2 Å². The molecule has 1 rings (SSSR count). The van der Waals surface area contributed by atoms with Crippen molar-refractivity contribution < 1.29 is 19.4 Å². The van der Waals surface area contributed by atoms with Gasteiger partial charge in [-0.1, -0.05) is 13.8 Å². The molecular weight excluding hydrogens is 248 g/mol. The highest BCUT2D eigenvalue weighted by Crippen LogP contribution is 2.19. The van der Waals surface area contributed by atoms with Gasteiger partial charge in [0.05, 0.1) is 18.8 Å². The molecule has 1 saturated heterocycles. The van der Waals surface area contributed by atoms with Crippen molar-refractivity contribution in [3.05, 3.63) is 0 Å². The molecule has 0 spiro atoms. The highest BCUT2D eigenvalue weighted by molar-refractivity contribution is 5.83. The van der Waals surface area contributed by atoms with Gasteiger partial charge in [0.2, 0.25) is 0 Å². The average molecular weight is 272 g/mol. The van der Waals surface area contributed by atoms with Gasteiger partial charge in [0.25, 0.3) is 0 Å². The predicted molar refractivity (Wildman–Crippen MR) is 71.0 cm³/mol. The van der Waals surface area contributed by atoms with Crippen molar-refractivity contribution in [2.75, 3.05) is 19.8 Å². The number of hydrogen-bond donors (Lipinski definition) is 2. The van der Waals surface area contributed by atoms with Gasteiger partial charge >= 0.3 is 12.0 Å². The molecule has 0 aromatic heterocycles. The number of rotatable bonds is 4. The molecule has 0 aromatic rings. The second-order valence-corrected chi connectivity index (χ2v) is 5.99. The average Bonchev–Trinajstić information content (AvgIpc) is 2.26. The predicted octanol–water partition coefficient (Wildman–Crippen LogP) is 1.31. The van der Waals surface area contributed by atoms with Crippen LogP contribution in [0.3, 0.4) is 0 Å². The fraction of sp³-hybridized carbons (Fsp3) is 0.846. The normalized spacial score (nSPS) is 20.2. The van der Waals surface area contributed by atoms with Crippen molar-refractivity contribution in [2.45, 2.75) is 45.7 Å². The number of ether oxygens (including phenoxy) is 1. The first-order valence-corrected chi connectivity index (χ1v) is 6.62. The van der Waals surface area contributed by atoms with Gasteiger partial charge in [-0.3, -0.25) is 0 Å². The van der Waals surface area contributed by atoms with E-state index in [9.17, 15) is 9.59 Å². The number of morpholine rings is 1. The van der Waals surface area contributed by atoms with Gasteiger partial charge in [0.1, 0.15) is 6.04 Å². The minimum atomic E-state index is -0.992. The molecule has 1 heterocycles. The van der Waals surface area contributed by atoms with Crippen LogP contribution in [0.5, 0.6) is 0 Å². The summed E-state index contributed by atoms with van der Waals surface area (Å²) in [7, 11) is 0. The lowest BCUT2D eigenvalue weighted by Gasteiger charge is -2.42. The lowest BCUT2D eigenvalue weighted by Crippen LogP contribution is -2.60. The molecule has 0 unspecified atom stereocenters. The van der Waals surface area contributed by atoms with Crippen LogP contribution in [0.15, 0.2) is 0 Å². The Bertz CT molecular complexity index is 342. The monoisotopic (exact) mass is 272 g/mol. The summed E-state index contributed by atoms with van der Waals surface area (Å²) < 4.78 is 5.34. The van der Waals surface area contributed by atoms with Crippen LogP contribution in [-0.4, -0.2) is 53.3 Å². The van der Waals surface area contributed by atoms with Crippen LogP contribution in [0.2, 0.25) is 0 Å². The molecule has 2 amide bonds. The Balaban J connectivity index is 2.68. The number of aliphatic carboxylic acids is 1. The summed E-state index contributed by atoms with van der Waals surface area (Å²) in [4.78, 5) is 25.0. The number of amides is 2. The molecule has 2 N–H and O–H groups in total. The van der Waals surface area contributed by atoms with Crippen LogP contribution < -0.4 is 5.32 Å². The summed E-state index contributed by atoms with van der Waals surface area (Å²) >= 11 is 0. The molecule has 1 atom stereocenters. The molecule has 1 fully saturated rings. The Labute approximate surface area is 114 Å². The minimum absolute atomic E-state index is 0.207. The van der Waals surface area contributed by atoms with Crippen molar-refractivity contribution >= 4 is 12.0 Å². The quantitative estimate of drug-likeness (QED) is 0.808. The molecular formula is C13H24N2O4. The molecule has 19 heavy (non-hydrogen) atoms. The van der Waals surface area contributed by atoms with Gasteiger partial charge < -0.3 is 20.1 Å². The lowest BCUT2D eigenvalue weighted by molar-refractivity contribution is -0.139. The molecule has 0 saturated carbocycles. The number of carboxylic acid groups (broad SMARTS) is 1. The summed E-state index contributed by atoms with van der Waals surface area (Å²) in [5.74, 6) is -0.785. The molecule has 1 aliphatic heterocycles. The van der Waals surface area contributed by atoms with Gasteiger partial charge in [-0.05, 0) is 26.2 Å². The summed E-state index contributed by atoms with van der Waals surface area (Å²) in [6.07, 6.45) is 0.422. The lowest BCUT2D eigenvalue weighted by atomic mass is 10.0. The minimum Gasteiger partial charge on any atom is -0.480 e. The third-order valence-corrected chi connectivity index (χ3v) is 3.19. The van der Waals surface area contributed by atoms with Gasteiger partial charge in [0.15, 0.2) is 0 Å². The molecule has 0 aromatic carbocycles. The number of hydrogen-bond acceptors (Lipinski definition) is 3. The van der Waals surface area contributed by atoms with Crippen molar-refractivity contribution in [3.8, 4) is 0 Å². The highest BCUT2D eigenvalue weighted by atomic mass is 16.5. The van der Waals surface area contributed by atoms with E-state index in [1.807, 2.05) is 27.7 Å². The maximum Gasteiger partial charge on any atom is 0.326 e. The maximum atomic E-state index is 12.2. The molecule has 1 aliphatic rings. The maximum absolute atomic E-state index is 12.2. The summed E-state index contributed by atoms with van der Waals surface area (Å²) in [6.45, 7) is 9.10. The number of urea groups is 1. The van der Waals surface area contributed by atoms with Crippen molar-refractivity contribution in [2.24, 2.45) is 5.92 Å². The van der Waals surface area contributed by atoms with E-state index in [-0.39, 0.29) is 11.9 Å². The van der Waals surface area contributed by atoms with E-state index in [1.54, 1.807) is 4.90 Å². The highest BCUT2D eigenvalue weighted by Gasteiger charge is 2.35. The SMILES string of the molecule is CC(C)C[C@H](NC(=O)N1CCOCC1(C)C)C(=O)O. The Morgan fingerprint density at radius 3 is 2.53 bits per heavy atom. The van der Waals surface area contributed by atoms with Crippen LogP contribution in [0.25, 0.3) is 0 Å². The number of nitrogens with one attached hydrogen (secondary N) is 1. The van der Waals surface area contributed by atoms with E-state index >= 15 is 0 Å². The molecule has 110 valence electrons. The Hall–Kier alpha value is -1.30. The molecule has 0 radical (unpaired) electrons. The zero-order chi connectivity index (χ0) is 14.6. The first kappa shape index (κ1) is 15.8. The zero-order valence-electron chi connectivity index (χ0n) is 12.1. The van der Waals surface area contributed by atoms with E-state index in [0.29, 0.717) is 26.2 Å². The number of carbonyl (C=O) groups is 2. The summed E-state index contributed by atoms with van der Waals surface area (Å²) in [6, 6.07) is -1.17. The Morgan fingerprint density at radius 2 is 2.05 bits per heavy atom. The van der Waals surface area contributed by atoms with Crippen LogP contribution >= 0.6 is 0 Å². The van der Waals surface area contributed by atoms with Gasteiger partial charge in [0, 0.05) is 6.54 Å². The zero-order valence-corrected chi connectivity index (χ0v) is 12.1. The van der Waals surface area contributed by atoms with Crippen molar-refractivity contribution in [1.29, 1.82) is 0 Å². The third-order valence-electron chi connectivity index (χ3n) is 3.19. The van der Waals surface area contributed by atoms with E-state index in [1.165, 1.54) is 0 Å². The van der Waals surface area contributed by atoms with E-state index in [4.69, 9.17) is 9.84 Å². The van der Waals surface area contributed by atoms with E-state index in [2.05, 4.69) is 5.32 Å². The molecule has 0 aliphatic carbocycles.